The monoisotopic (exact) mass is 291 g/mol. The molecule has 0 bridgehead atoms. The van der Waals surface area contributed by atoms with Crippen LogP contribution in [0.4, 0.5) is 0 Å². The summed E-state index contributed by atoms with van der Waals surface area (Å²) in [5.41, 5.74) is 9.32. The molecule has 19 heavy (non-hydrogen) atoms. The van der Waals surface area contributed by atoms with Crippen LogP contribution in [0.2, 0.25) is 0 Å². The average molecular weight is 291 g/mol. The zero-order valence-corrected chi connectivity index (χ0v) is 12.8. The van der Waals surface area contributed by atoms with Crippen LogP contribution < -0.4 is 0 Å². The van der Waals surface area contributed by atoms with Gasteiger partial charge in [-0.25, -0.2) is 4.57 Å². The summed E-state index contributed by atoms with van der Waals surface area (Å²) in [6.45, 7) is 6.53. The molecular weight excluding hydrogens is 269 g/mol. The van der Waals surface area contributed by atoms with E-state index in [1.54, 1.807) is 0 Å². The Kier molecular flexibility index (Phi) is 6.33. The van der Waals surface area contributed by atoms with Crippen LogP contribution in [0, 0.1) is 5.92 Å². The highest BCUT2D eigenvalue weighted by Gasteiger charge is 2.48. The van der Waals surface area contributed by atoms with Gasteiger partial charge in [0.25, 0.3) is 0 Å². The summed E-state index contributed by atoms with van der Waals surface area (Å²) in [6, 6.07) is -0.306. The predicted octanol–water partition coefficient (Wildman–Crippen LogP) is 1.46. The third kappa shape index (κ3) is 3.72. The lowest BCUT2D eigenvalue weighted by atomic mass is 10.0. The maximum absolute atomic E-state index is 12.5. The van der Waals surface area contributed by atoms with Crippen molar-refractivity contribution in [1.82, 2.24) is 4.90 Å². The third-order valence-electron chi connectivity index (χ3n) is 3.20. The number of rotatable bonds is 6. The second kappa shape index (κ2) is 7.29. The Morgan fingerprint density at radius 3 is 2.21 bits per heavy atom. The standard InChI is InChI=1S/C11H22N3O4P/c1-9(2)10(14-5-7-18-8-6-14)11(13-12)19(15,16-3)17-4/h9-10H,5-8H2,1-4H3. The minimum Gasteiger partial charge on any atom is -0.379 e. The first kappa shape index (κ1) is 16.5. The molecule has 0 radical (unpaired) electrons. The van der Waals surface area contributed by atoms with Gasteiger partial charge in [-0.3, -0.25) is 4.90 Å². The van der Waals surface area contributed by atoms with Crippen molar-refractivity contribution in [2.75, 3.05) is 40.5 Å². The van der Waals surface area contributed by atoms with Crippen molar-refractivity contribution in [3.05, 3.63) is 5.53 Å². The molecule has 1 aliphatic heterocycles. The van der Waals surface area contributed by atoms with Crippen LogP contribution in [-0.2, 0) is 18.3 Å². The highest BCUT2D eigenvalue weighted by atomic mass is 31.2. The Morgan fingerprint density at radius 2 is 1.84 bits per heavy atom. The van der Waals surface area contributed by atoms with Crippen LogP contribution >= 0.6 is 7.60 Å². The molecule has 1 saturated heterocycles. The van der Waals surface area contributed by atoms with Crippen molar-refractivity contribution in [1.29, 1.82) is 0 Å². The SMILES string of the molecule is COP(=O)(OC)C(=[N+]=[N-])C(C(C)C)N1CCOCC1. The lowest BCUT2D eigenvalue weighted by Gasteiger charge is -2.34. The third-order valence-corrected chi connectivity index (χ3v) is 5.08. The molecule has 7 nitrogen and oxygen atoms in total. The van der Waals surface area contributed by atoms with E-state index >= 15 is 0 Å². The quantitative estimate of drug-likeness (QED) is 0.320. The number of nitrogens with zero attached hydrogens (tertiary/aromatic N) is 3. The Morgan fingerprint density at radius 1 is 1.32 bits per heavy atom. The molecule has 0 amide bonds. The first-order valence-corrected chi connectivity index (χ1v) is 7.80. The fourth-order valence-electron chi connectivity index (χ4n) is 2.28. The maximum atomic E-state index is 12.5. The van der Waals surface area contributed by atoms with E-state index < -0.39 is 7.60 Å². The summed E-state index contributed by atoms with van der Waals surface area (Å²) >= 11 is 0. The van der Waals surface area contributed by atoms with Gasteiger partial charge in [0.15, 0.2) is 0 Å². The minimum atomic E-state index is -3.55. The van der Waals surface area contributed by atoms with Crippen molar-refractivity contribution in [3.63, 3.8) is 0 Å². The Labute approximate surface area is 114 Å². The minimum absolute atomic E-state index is 0.0504. The second-order valence-electron chi connectivity index (χ2n) is 4.66. The van der Waals surface area contributed by atoms with Crippen molar-refractivity contribution in [2.24, 2.45) is 5.92 Å². The van der Waals surface area contributed by atoms with E-state index in [0.717, 1.165) is 0 Å². The van der Waals surface area contributed by atoms with Crippen LogP contribution in [0.1, 0.15) is 13.8 Å². The first-order chi connectivity index (χ1) is 9.00. The molecule has 1 rings (SSSR count). The highest BCUT2D eigenvalue weighted by Crippen LogP contribution is 2.49. The molecule has 1 unspecified atom stereocenters. The summed E-state index contributed by atoms with van der Waals surface area (Å²) in [7, 11) is -0.983. The molecule has 8 heteroatoms. The topological polar surface area (TPSA) is 84.4 Å². The van der Waals surface area contributed by atoms with Crippen molar-refractivity contribution in [2.45, 2.75) is 19.9 Å². The average Bonchev–Trinajstić information content (AvgIpc) is 2.44. The van der Waals surface area contributed by atoms with Gasteiger partial charge >= 0.3 is 13.0 Å². The number of hydrogen-bond donors (Lipinski definition) is 0. The Bertz CT molecular complexity index is 381. The first-order valence-electron chi connectivity index (χ1n) is 6.26. The van der Waals surface area contributed by atoms with Gasteiger partial charge in [-0.2, -0.15) is 4.79 Å². The van der Waals surface area contributed by atoms with Gasteiger partial charge in [0.05, 0.1) is 13.2 Å². The van der Waals surface area contributed by atoms with E-state index in [2.05, 4.69) is 9.69 Å². The van der Waals surface area contributed by atoms with Gasteiger partial charge in [0.2, 0.25) is 0 Å². The highest BCUT2D eigenvalue weighted by molar-refractivity contribution is 7.72. The summed E-state index contributed by atoms with van der Waals surface area (Å²) in [5.74, 6) is 0.0997. The summed E-state index contributed by atoms with van der Waals surface area (Å²) in [5, 5.41) is 0. The number of morpholine rings is 1. The summed E-state index contributed by atoms with van der Waals surface area (Å²) < 4.78 is 27.7. The fraction of sp³-hybridized carbons (Fsp3) is 0.909. The van der Waals surface area contributed by atoms with Gasteiger partial charge in [-0.15, -0.1) is 0 Å². The molecule has 0 spiro atoms. The van der Waals surface area contributed by atoms with E-state index in [1.807, 2.05) is 13.8 Å². The van der Waals surface area contributed by atoms with Gasteiger partial charge in [-0.05, 0) is 5.92 Å². The van der Waals surface area contributed by atoms with E-state index in [-0.39, 0.29) is 17.4 Å². The number of hydrogen-bond acceptors (Lipinski definition) is 5. The molecule has 1 aliphatic rings. The van der Waals surface area contributed by atoms with Gasteiger partial charge in [-0.1, -0.05) is 13.8 Å². The van der Waals surface area contributed by atoms with Crippen LogP contribution in [0.5, 0.6) is 0 Å². The van der Waals surface area contributed by atoms with E-state index in [9.17, 15) is 10.1 Å². The zero-order valence-electron chi connectivity index (χ0n) is 11.9. The van der Waals surface area contributed by atoms with Crippen LogP contribution in [0.15, 0.2) is 0 Å². The molecule has 0 aromatic carbocycles. The van der Waals surface area contributed by atoms with Crippen LogP contribution in [-0.4, -0.2) is 61.7 Å². The van der Waals surface area contributed by atoms with E-state index in [0.29, 0.717) is 26.3 Å². The molecule has 1 fully saturated rings. The van der Waals surface area contributed by atoms with E-state index in [4.69, 9.17) is 13.8 Å². The second-order valence-corrected chi connectivity index (χ2v) is 6.84. The largest absolute Gasteiger partial charge is 0.438 e. The molecular formula is C11H22N3O4P. The van der Waals surface area contributed by atoms with Gasteiger partial charge < -0.3 is 19.3 Å². The normalized spacial score (nSPS) is 19.2. The van der Waals surface area contributed by atoms with Crippen LogP contribution in [0.25, 0.3) is 5.53 Å². The number of ether oxygens (including phenoxy) is 1. The van der Waals surface area contributed by atoms with E-state index in [1.165, 1.54) is 14.2 Å². The van der Waals surface area contributed by atoms with Crippen molar-refractivity contribution < 1.29 is 23.1 Å². The smallest absolute Gasteiger partial charge is 0.379 e. The van der Waals surface area contributed by atoms with Crippen molar-refractivity contribution in [3.8, 4) is 0 Å². The molecule has 1 atom stereocenters. The van der Waals surface area contributed by atoms with Crippen LogP contribution in [0.3, 0.4) is 0 Å². The molecule has 110 valence electrons. The van der Waals surface area contributed by atoms with Gasteiger partial charge in [0.1, 0.15) is 6.04 Å². The summed E-state index contributed by atoms with van der Waals surface area (Å²) in [6.07, 6.45) is 0. The molecule has 0 N–H and O–H groups in total. The molecule has 1 heterocycles. The lowest BCUT2D eigenvalue weighted by molar-refractivity contribution is -0.0287. The predicted molar refractivity (Wildman–Crippen MR) is 71.3 cm³/mol. The molecule has 0 saturated carbocycles. The van der Waals surface area contributed by atoms with Crippen molar-refractivity contribution >= 4 is 13.0 Å². The lowest BCUT2D eigenvalue weighted by Crippen LogP contribution is -2.50. The Balaban J connectivity index is 3.09. The maximum Gasteiger partial charge on any atom is 0.438 e. The fourth-order valence-corrected chi connectivity index (χ4v) is 3.69. The zero-order chi connectivity index (χ0) is 14.5. The molecule has 0 aromatic rings. The van der Waals surface area contributed by atoms with Gasteiger partial charge in [0, 0.05) is 27.3 Å². The summed E-state index contributed by atoms with van der Waals surface area (Å²) in [4.78, 5) is 5.30. The Hall–Kier alpha value is -0.550. The molecule has 0 aliphatic carbocycles. The molecule has 0 aromatic heterocycles.